The first-order valence-electron chi connectivity index (χ1n) is 5.35. The van der Waals surface area contributed by atoms with Crippen LogP contribution in [0.15, 0.2) is 41.8 Å². The van der Waals surface area contributed by atoms with Crippen molar-refractivity contribution in [2.75, 3.05) is 11.7 Å². The molecule has 0 fully saturated rings. The van der Waals surface area contributed by atoms with Crippen LogP contribution in [-0.4, -0.2) is 27.2 Å². The van der Waals surface area contributed by atoms with Crippen LogP contribution in [0.4, 0.5) is 5.82 Å². The Morgan fingerprint density at radius 1 is 1.24 bits per heavy atom. The molecular formula is C11H10N6. The topological polar surface area (TPSA) is 62.7 Å². The van der Waals surface area contributed by atoms with E-state index in [0.717, 1.165) is 22.9 Å². The number of aliphatic imine (C=N–C) groups is 1. The predicted molar refractivity (Wildman–Crippen MR) is 63.5 cm³/mol. The quantitative estimate of drug-likeness (QED) is 0.664. The highest BCUT2D eigenvalue weighted by molar-refractivity contribution is 6.13. The molecular weight excluding hydrogens is 216 g/mol. The Morgan fingerprint density at radius 2 is 2.12 bits per heavy atom. The Labute approximate surface area is 97.5 Å². The van der Waals surface area contributed by atoms with Crippen LogP contribution < -0.4 is 10.9 Å². The van der Waals surface area contributed by atoms with Crippen molar-refractivity contribution in [2.24, 2.45) is 10.8 Å². The van der Waals surface area contributed by atoms with Crippen molar-refractivity contribution < 1.29 is 0 Å². The van der Waals surface area contributed by atoms with Crippen LogP contribution in [0.3, 0.4) is 0 Å². The third kappa shape index (κ3) is 1.01. The van der Waals surface area contributed by atoms with Crippen molar-refractivity contribution >= 4 is 11.7 Å². The Bertz CT molecular complexity index is 628. The molecule has 3 heterocycles. The maximum absolute atomic E-state index is 5.92. The minimum Gasteiger partial charge on any atom is -0.283 e. The van der Waals surface area contributed by atoms with E-state index in [0.29, 0.717) is 6.67 Å². The average molecular weight is 226 g/mol. The summed E-state index contributed by atoms with van der Waals surface area (Å²) >= 11 is 0. The predicted octanol–water partition coefficient (Wildman–Crippen LogP) is 0.501. The van der Waals surface area contributed by atoms with E-state index in [1.165, 1.54) is 0 Å². The van der Waals surface area contributed by atoms with E-state index in [2.05, 4.69) is 16.0 Å². The first kappa shape index (κ1) is 8.91. The molecule has 0 aliphatic carbocycles. The zero-order chi connectivity index (χ0) is 11.4. The largest absolute Gasteiger partial charge is 0.283 e. The molecule has 2 aliphatic heterocycles. The zero-order valence-corrected chi connectivity index (χ0v) is 8.98. The van der Waals surface area contributed by atoms with Crippen LogP contribution in [-0.2, 0) is 0 Å². The van der Waals surface area contributed by atoms with Crippen LogP contribution in [0.5, 0.6) is 0 Å². The molecule has 0 radical (unpaired) electrons. The second-order valence-corrected chi connectivity index (χ2v) is 4.01. The molecule has 17 heavy (non-hydrogen) atoms. The molecule has 1 aromatic carbocycles. The lowest BCUT2D eigenvalue weighted by Crippen LogP contribution is -2.48. The Balaban J connectivity index is 2.07. The van der Waals surface area contributed by atoms with Crippen molar-refractivity contribution in [1.29, 1.82) is 0 Å². The van der Waals surface area contributed by atoms with Crippen molar-refractivity contribution in [3.63, 3.8) is 0 Å². The zero-order valence-electron chi connectivity index (χ0n) is 8.98. The number of nitrogens with two attached hydrogens (primary N) is 1. The van der Waals surface area contributed by atoms with Gasteiger partial charge in [0.15, 0.2) is 11.7 Å². The van der Waals surface area contributed by atoms with Gasteiger partial charge in [0.05, 0.1) is 11.9 Å². The molecule has 0 saturated carbocycles. The lowest BCUT2D eigenvalue weighted by Gasteiger charge is -2.31. The molecule has 0 atom stereocenters. The van der Waals surface area contributed by atoms with Crippen LogP contribution in [0.2, 0.25) is 0 Å². The molecule has 0 saturated heterocycles. The number of nitrogens with zero attached hydrogens (tertiary/aromatic N) is 5. The van der Waals surface area contributed by atoms with Gasteiger partial charge in [-0.25, -0.2) is 20.8 Å². The maximum atomic E-state index is 5.92. The van der Waals surface area contributed by atoms with E-state index in [4.69, 9.17) is 5.84 Å². The SMILES string of the molecule is NN1CN=C2c3ccccc3-n3cncc3N21. The van der Waals surface area contributed by atoms with Gasteiger partial charge in [0.25, 0.3) is 0 Å². The summed E-state index contributed by atoms with van der Waals surface area (Å²) in [5.74, 6) is 7.73. The normalized spacial score (nSPS) is 17.5. The molecule has 6 heteroatoms. The van der Waals surface area contributed by atoms with E-state index < -0.39 is 0 Å². The smallest absolute Gasteiger partial charge is 0.156 e. The number of para-hydroxylation sites is 1. The van der Waals surface area contributed by atoms with Gasteiger partial charge in [-0.1, -0.05) is 12.1 Å². The number of imidazole rings is 1. The summed E-state index contributed by atoms with van der Waals surface area (Å²) in [7, 11) is 0. The monoisotopic (exact) mass is 226 g/mol. The average Bonchev–Trinajstić information content (AvgIpc) is 2.96. The number of hydrogen-bond acceptors (Lipinski definition) is 5. The summed E-state index contributed by atoms with van der Waals surface area (Å²) < 4.78 is 2.01. The van der Waals surface area contributed by atoms with Gasteiger partial charge in [-0.3, -0.25) is 4.57 Å². The molecule has 84 valence electrons. The third-order valence-corrected chi connectivity index (χ3v) is 3.06. The van der Waals surface area contributed by atoms with Crippen LogP contribution in [0.25, 0.3) is 5.69 Å². The van der Waals surface area contributed by atoms with E-state index >= 15 is 0 Å². The van der Waals surface area contributed by atoms with Crippen molar-refractivity contribution in [1.82, 2.24) is 14.7 Å². The molecule has 0 unspecified atom stereocenters. The Kier molecular flexibility index (Phi) is 1.54. The molecule has 1 aromatic heterocycles. The van der Waals surface area contributed by atoms with E-state index in [9.17, 15) is 0 Å². The fraction of sp³-hybridized carbons (Fsp3) is 0.0909. The molecule has 4 rings (SSSR count). The number of benzene rings is 1. The van der Waals surface area contributed by atoms with Gasteiger partial charge >= 0.3 is 0 Å². The fourth-order valence-electron chi connectivity index (χ4n) is 2.33. The van der Waals surface area contributed by atoms with E-state index in [1.54, 1.807) is 17.6 Å². The van der Waals surface area contributed by atoms with Gasteiger partial charge in [0.2, 0.25) is 0 Å². The number of hydrogen-bond donors (Lipinski definition) is 1. The molecule has 2 N–H and O–H groups in total. The number of aromatic nitrogens is 2. The van der Waals surface area contributed by atoms with Crippen molar-refractivity contribution in [3.8, 4) is 5.69 Å². The van der Waals surface area contributed by atoms with Gasteiger partial charge in [-0.2, -0.15) is 0 Å². The highest BCUT2D eigenvalue weighted by Crippen LogP contribution is 2.32. The summed E-state index contributed by atoms with van der Waals surface area (Å²) in [6.45, 7) is 0.467. The second-order valence-electron chi connectivity index (χ2n) is 4.01. The summed E-state index contributed by atoms with van der Waals surface area (Å²) in [6, 6.07) is 8.11. The maximum Gasteiger partial charge on any atom is 0.156 e. The summed E-state index contributed by atoms with van der Waals surface area (Å²) in [5, 5.41) is 3.47. The first-order chi connectivity index (χ1) is 8.36. The van der Waals surface area contributed by atoms with Crippen LogP contribution in [0, 0.1) is 0 Å². The number of hydrazine groups is 2. The lowest BCUT2D eigenvalue weighted by atomic mass is 10.1. The molecule has 6 nitrogen and oxygen atoms in total. The number of fused-ring (bicyclic) bond motifs is 6. The second kappa shape index (κ2) is 2.93. The third-order valence-electron chi connectivity index (χ3n) is 3.06. The summed E-state index contributed by atoms with van der Waals surface area (Å²) in [4.78, 5) is 8.64. The molecule has 0 amide bonds. The highest BCUT2D eigenvalue weighted by Gasteiger charge is 2.34. The van der Waals surface area contributed by atoms with E-state index in [-0.39, 0.29) is 0 Å². The molecule has 2 aromatic rings. The summed E-state index contributed by atoms with van der Waals surface area (Å²) in [6.07, 6.45) is 3.58. The van der Waals surface area contributed by atoms with Gasteiger partial charge in [0, 0.05) is 5.56 Å². The summed E-state index contributed by atoms with van der Waals surface area (Å²) in [5.41, 5.74) is 2.16. The van der Waals surface area contributed by atoms with E-state index in [1.807, 2.05) is 27.8 Å². The minimum atomic E-state index is 0.467. The number of anilines is 1. The van der Waals surface area contributed by atoms with Crippen LogP contribution >= 0.6 is 0 Å². The number of rotatable bonds is 0. The first-order valence-corrected chi connectivity index (χ1v) is 5.35. The van der Waals surface area contributed by atoms with Gasteiger partial charge in [0.1, 0.15) is 13.0 Å². The molecule has 0 bridgehead atoms. The van der Waals surface area contributed by atoms with Crippen molar-refractivity contribution in [3.05, 3.63) is 42.4 Å². The standard InChI is InChI=1S/C11H10N6/c12-16-7-14-11-8-3-1-2-4-9(8)15-6-13-5-10(15)17(11)16/h1-6H,7,12H2. The molecule has 2 aliphatic rings. The van der Waals surface area contributed by atoms with Gasteiger partial charge in [-0.15, -0.1) is 5.12 Å². The van der Waals surface area contributed by atoms with Crippen LogP contribution in [0.1, 0.15) is 5.56 Å². The Morgan fingerprint density at radius 3 is 3.06 bits per heavy atom. The van der Waals surface area contributed by atoms with Gasteiger partial charge in [-0.05, 0) is 12.1 Å². The van der Waals surface area contributed by atoms with Gasteiger partial charge < -0.3 is 0 Å². The highest BCUT2D eigenvalue weighted by atomic mass is 15.8. The minimum absolute atomic E-state index is 0.467. The molecule has 0 spiro atoms. The van der Waals surface area contributed by atoms with Crippen molar-refractivity contribution in [2.45, 2.75) is 0 Å². The number of amidine groups is 1. The Hall–Kier alpha value is -2.18. The lowest BCUT2D eigenvalue weighted by molar-refractivity contribution is 0.325. The fourth-order valence-corrected chi connectivity index (χ4v) is 2.33.